The number of nitrogens with one attached hydrogen (secondary N) is 8. The fourth-order valence-corrected chi connectivity index (χ4v) is 11.6. The lowest BCUT2D eigenvalue weighted by Gasteiger charge is -2.33. The summed E-state index contributed by atoms with van der Waals surface area (Å²) < 4.78 is 0. The second-order valence-corrected chi connectivity index (χ2v) is 25.5. The minimum Gasteiger partial charge on any atom is -0.508 e. The number of phenolic OH excluding ortho intramolecular Hbond substituents is 1. The Morgan fingerprint density at radius 2 is 1.10 bits per heavy atom. The number of nitrogens with zero attached hydrogens (tertiary/aromatic N) is 4. The molecule has 1 aliphatic rings. The summed E-state index contributed by atoms with van der Waals surface area (Å²) in [4.78, 5) is 175. The summed E-state index contributed by atoms with van der Waals surface area (Å²) >= 11 is 0. The molecular weight excluding hydrogens is 1340 g/mol. The number of aliphatic carboxylic acids is 1. The number of phenols is 1. The molecule has 11 amide bonds. The molecule has 4 aromatic carbocycles. The number of fused-ring (bicyclic) bond motifs is 1. The van der Waals surface area contributed by atoms with Crippen LogP contribution in [0.4, 0.5) is 0 Å². The molecule has 31 heteroatoms. The first-order chi connectivity index (χ1) is 49.6. The van der Waals surface area contributed by atoms with Gasteiger partial charge in [0.1, 0.15) is 66.2 Å². The van der Waals surface area contributed by atoms with E-state index in [1.807, 2.05) is 49.4 Å². The van der Waals surface area contributed by atoms with Gasteiger partial charge in [-0.05, 0) is 116 Å². The van der Waals surface area contributed by atoms with Crippen LogP contribution in [0.15, 0.2) is 127 Å². The number of carboxylic acids is 1. The molecule has 10 atom stereocenters. The van der Waals surface area contributed by atoms with E-state index in [-0.39, 0.29) is 89.1 Å². The van der Waals surface area contributed by atoms with E-state index in [1.54, 1.807) is 42.5 Å². The monoisotopic (exact) mass is 1440 g/mol. The molecule has 6 rings (SSSR count). The van der Waals surface area contributed by atoms with Crippen molar-refractivity contribution in [2.24, 2.45) is 27.9 Å². The van der Waals surface area contributed by atoms with Crippen LogP contribution in [0.3, 0.4) is 0 Å². The number of guanidine groups is 1. The van der Waals surface area contributed by atoms with Crippen LogP contribution >= 0.6 is 0 Å². The van der Waals surface area contributed by atoms with E-state index in [9.17, 15) is 58.2 Å². The number of unbranched alkanes of at least 4 members (excludes halogenated alkanes) is 2. The van der Waals surface area contributed by atoms with Crippen LogP contribution < -0.4 is 65.5 Å². The SMILES string of the molecule is CC(=O)O.CCCC[C@@H](NC(=O)[C@@H](CCCCN)NC(=O)[C@H](Cc1ccc(O)cc1)N(C)C(=O)[C@H](CO)NC(=O)[C@@H](Cc1cccnc1)NC(=O)[C@@H](Cc1ccccc1)NC(=O)[C@@H](Cc1ccc2ccccc2c1)NC(C)=O)C(=O)N[C@@H](CCCN=C(N)N)C(=O)N1CCC[C@H]1C(=O)N[C@H](C)C(N)=O. The number of primary amides is 1. The number of hydrogen-bond donors (Lipinski definition) is 15. The lowest BCUT2D eigenvalue weighted by Crippen LogP contribution is -2.61. The van der Waals surface area contributed by atoms with E-state index in [0.29, 0.717) is 48.8 Å². The van der Waals surface area contributed by atoms with Crippen molar-refractivity contribution in [2.75, 3.05) is 33.3 Å². The van der Waals surface area contributed by atoms with Crippen LogP contribution in [-0.4, -0.2) is 201 Å². The van der Waals surface area contributed by atoms with Gasteiger partial charge in [-0.25, -0.2) is 0 Å². The van der Waals surface area contributed by atoms with Crippen molar-refractivity contribution in [3.63, 3.8) is 0 Å². The highest BCUT2D eigenvalue weighted by Crippen LogP contribution is 2.22. The van der Waals surface area contributed by atoms with Gasteiger partial charge in [-0.2, -0.15) is 0 Å². The number of carbonyl (C=O) groups is 12. The molecule has 2 heterocycles. The van der Waals surface area contributed by atoms with E-state index in [0.717, 1.165) is 28.2 Å². The number of benzene rings is 4. The molecule has 0 aliphatic carbocycles. The molecule has 0 bridgehead atoms. The number of aromatic hydroxyl groups is 1. The number of hydrogen-bond acceptors (Lipinski definition) is 17. The van der Waals surface area contributed by atoms with E-state index < -0.39 is 138 Å². The predicted octanol–water partition coefficient (Wildman–Crippen LogP) is -0.112. The standard InChI is InChI=1S/C71H96N16O13.C2H4O2/c1-5-6-22-52(63(93)82-54(24-15-34-77-71(74)75)70(100)87-35-16-25-59(87)67(97)78-43(2)61(73)91)80-62(92)53(23-12-13-32-72)81-68(98)60(40-46-27-30-51(90)31-28-46)86(4)69(99)58(42-88)85-66(96)57(39-48-19-14-33-76-41-48)84-65(95)56(37-45-17-8-7-9-18-45)83-64(94)55(79-44(3)89)38-47-26-29-49-20-10-11-21-50(49)36-47;1-2(3)4/h7-11,14,17-21,26-31,33,36,41,43,52-60,88,90H,5-6,12-13,15-16,22-25,32,34-35,37-40,42,72H2,1-4H3,(H2,73,91)(H,78,97)(H,79,89)(H,80,92)(H,81,98)(H,82,93)(H,83,94)(H,84,95)(H,85,96)(H4,74,75,77);1H3,(H,3,4)/t43-,52-,53-,54+,55-,56-,57-,58+,59+,60+;/m1./s1. The topological polar surface area (TPSA) is 498 Å². The molecular formula is C73H100N16O15. The zero-order valence-corrected chi connectivity index (χ0v) is 59.4. The van der Waals surface area contributed by atoms with Crippen LogP contribution in [0.25, 0.3) is 10.8 Å². The Morgan fingerprint density at radius 3 is 1.67 bits per heavy atom. The Kier molecular flexibility index (Phi) is 34.6. The number of likely N-dealkylation sites (N-methyl/N-ethyl adjacent to an activating group) is 1. The fourth-order valence-electron chi connectivity index (χ4n) is 11.6. The number of pyridine rings is 1. The maximum absolute atomic E-state index is 15.0. The van der Waals surface area contributed by atoms with Crippen molar-refractivity contribution >= 4 is 87.7 Å². The van der Waals surface area contributed by atoms with Crippen molar-refractivity contribution in [3.05, 3.63) is 144 Å². The van der Waals surface area contributed by atoms with E-state index in [1.165, 1.54) is 62.5 Å². The lowest BCUT2D eigenvalue weighted by molar-refractivity contribution is -0.144. The van der Waals surface area contributed by atoms with E-state index in [2.05, 4.69) is 52.5 Å². The Hall–Kier alpha value is -11.1. The van der Waals surface area contributed by atoms with Crippen LogP contribution in [0.2, 0.25) is 0 Å². The minimum absolute atomic E-state index is 0.00265. The van der Waals surface area contributed by atoms with Gasteiger partial charge in [0, 0.05) is 72.1 Å². The number of aliphatic hydroxyl groups is 1. The second-order valence-electron chi connectivity index (χ2n) is 25.5. The third kappa shape index (κ3) is 27.7. The molecule has 1 aromatic heterocycles. The summed E-state index contributed by atoms with van der Waals surface area (Å²) in [6.07, 6.45) is 5.15. The Morgan fingerprint density at radius 1 is 0.587 bits per heavy atom. The maximum Gasteiger partial charge on any atom is 0.300 e. The van der Waals surface area contributed by atoms with Gasteiger partial charge in [0.05, 0.1) is 6.61 Å². The molecule has 0 radical (unpaired) electrons. The molecule has 5 aromatic rings. The van der Waals surface area contributed by atoms with Gasteiger partial charge >= 0.3 is 0 Å². The van der Waals surface area contributed by atoms with Gasteiger partial charge in [0.25, 0.3) is 5.97 Å². The van der Waals surface area contributed by atoms with Gasteiger partial charge in [0.15, 0.2) is 5.96 Å². The Labute approximate surface area is 604 Å². The lowest BCUT2D eigenvalue weighted by atomic mass is 9.99. The van der Waals surface area contributed by atoms with Crippen LogP contribution in [0.1, 0.15) is 114 Å². The van der Waals surface area contributed by atoms with E-state index in [4.69, 9.17) is 32.8 Å². The fraction of sp³-hybridized carbons (Fsp3) is 0.452. The minimum atomic E-state index is -1.78. The summed E-state index contributed by atoms with van der Waals surface area (Å²) in [7, 11) is 1.25. The Bertz CT molecular complexity index is 3730. The van der Waals surface area contributed by atoms with Gasteiger partial charge < -0.3 is 90.6 Å². The Balaban J connectivity index is 0.00000473. The number of amides is 11. The summed E-state index contributed by atoms with van der Waals surface area (Å²) in [5, 5.41) is 52.3. The molecule has 562 valence electrons. The first kappa shape index (κ1) is 83.6. The second kappa shape index (κ2) is 43.0. The van der Waals surface area contributed by atoms with Gasteiger partial charge in [0.2, 0.25) is 65.0 Å². The third-order valence-corrected chi connectivity index (χ3v) is 17.2. The number of nitrogens with two attached hydrogens (primary N) is 4. The van der Waals surface area contributed by atoms with Crippen molar-refractivity contribution in [1.29, 1.82) is 0 Å². The summed E-state index contributed by atoms with van der Waals surface area (Å²) in [6.45, 7) is 5.05. The zero-order chi connectivity index (χ0) is 76.4. The molecule has 0 spiro atoms. The van der Waals surface area contributed by atoms with Crippen LogP contribution in [0, 0.1) is 0 Å². The van der Waals surface area contributed by atoms with Crippen molar-refractivity contribution in [1.82, 2.24) is 57.3 Å². The number of carboxylic acid groups (broad SMARTS) is 1. The third-order valence-electron chi connectivity index (χ3n) is 17.2. The molecule has 0 unspecified atom stereocenters. The van der Waals surface area contributed by atoms with Crippen LogP contribution in [0.5, 0.6) is 5.75 Å². The van der Waals surface area contributed by atoms with Crippen molar-refractivity contribution in [3.8, 4) is 5.75 Å². The number of aliphatic hydroxyl groups excluding tert-OH is 1. The number of carbonyl (C=O) groups excluding carboxylic acids is 11. The summed E-state index contributed by atoms with van der Waals surface area (Å²) in [5.74, 6) is -9.57. The zero-order valence-electron chi connectivity index (χ0n) is 59.4. The van der Waals surface area contributed by atoms with E-state index >= 15 is 4.79 Å². The van der Waals surface area contributed by atoms with Gasteiger partial charge in [-0.1, -0.05) is 111 Å². The van der Waals surface area contributed by atoms with Gasteiger partial charge in [-0.3, -0.25) is 67.5 Å². The van der Waals surface area contributed by atoms with Gasteiger partial charge in [-0.15, -0.1) is 0 Å². The molecule has 31 nitrogen and oxygen atoms in total. The highest BCUT2D eigenvalue weighted by atomic mass is 16.4. The van der Waals surface area contributed by atoms with Crippen molar-refractivity contribution < 1.29 is 72.9 Å². The molecule has 19 N–H and O–H groups in total. The normalized spacial score (nSPS) is 15.0. The number of rotatable bonds is 39. The quantitative estimate of drug-likeness (QED) is 0.0139. The number of aliphatic imine (C=N–C) groups is 1. The highest BCUT2D eigenvalue weighted by molar-refractivity contribution is 5.99. The summed E-state index contributed by atoms with van der Waals surface area (Å²) in [5.41, 5.74) is 24.7. The smallest absolute Gasteiger partial charge is 0.300 e. The largest absolute Gasteiger partial charge is 0.508 e. The molecule has 104 heavy (non-hydrogen) atoms. The maximum atomic E-state index is 15.0. The molecule has 0 saturated carbocycles. The average Bonchev–Trinajstić information content (AvgIpc) is 1.50. The highest BCUT2D eigenvalue weighted by Gasteiger charge is 2.41. The van der Waals surface area contributed by atoms with Crippen LogP contribution in [-0.2, 0) is 83.2 Å². The average molecular weight is 1440 g/mol. The van der Waals surface area contributed by atoms with Crippen molar-refractivity contribution in [2.45, 2.75) is 178 Å². The number of aromatic nitrogens is 1. The predicted molar refractivity (Wildman–Crippen MR) is 388 cm³/mol. The summed E-state index contributed by atoms with van der Waals surface area (Å²) in [6, 6.07) is 17.8. The first-order valence-electron chi connectivity index (χ1n) is 34.6. The number of likely N-dealkylation sites (tertiary alicyclic amines) is 1. The molecule has 1 saturated heterocycles. The molecule has 1 fully saturated rings. The first-order valence-corrected chi connectivity index (χ1v) is 34.6. The molecule has 1 aliphatic heterocycles.